The quantitative estimate of drug-likeness (QED) is 0.620. The molecule has 0 amide bonds. The number of rotatable bonds is 3. The standard InChI is InChI=1S/C7H18N3OP/c1-8(2)12(11,9(3)4)10-6-5-7-10/h5-7H2,1-4H3. The zero-order chi connectivity index (χ0) is 9.35. The molecule has 0 aliphatic carbocycles. The van der Waals surface area contributed by atoms with Crippen LogP contribution < -0.4 is 0 Å². The molecule has 0 radical (unpaired) electrons. The molecule has 1 heterocycles. The molecule has 1 aliphatic rings. The molecule has 0 aromatic heterocycles. The van der Waals surface area contributed by atoms with Crippen LogP contribution in [0.15, 0.2) is 0 Å². The van der Waals surface area contributed by atoms with E-state index in [1.807, 2.05) is 42.2 Å². The van der Waals surface area contributed by atoms with Gasteiger partial charge in [0.15, 0.2) is 0 Å². The predicted octanol–water partition coefficient (Wildman–Crippen LogP) is 0.923. The van der Waals surface area contributed by atoms with E-state index >= 15 is 0 Å². The van der Waals surface area contributed by atoms with Gasteiger partial charge in [0.05, 0.1) is 0 Å². The van der Waals surface area contributed by atoms with Crippen molar-refractivity contribution in [1.29, 1.82) is 0 Å². The highest BCUT2D eigenvalue weighted by Crippen LogP contribution is 2.55. The summed E-state index contributed by atoms with van der Waals surface area (Å²) in [5.74, 6) is 0. The summed E-state index contributed by atoms with van der Waals surface area (Å²) in [4.78, 5) is 0. The maximum absolute atomic E-state index is 12.4. The van der Waals surface area contributed by atoms with Crippen molar-refractivity contribution in [2.45, 2.75) is 6.42 Å². The van der Waals surface area contributed by atoms with Crippen LogP contribution >= 0.6 is 7.59 Å². The van der Waals surface area contributed by atoms with Gasteiger partial charge in [0.2, 0.25) is 0 Å². The molecule has 5 heteroatoms. The van der Waals surface area contributed by atoms with Crippen molar-refractivity contribution in [3.8, 4) is 0 Å². The zero-order valence-electron chi connectivity index (χ0n) is 8.32. The zero-order valence-corrected chi connectivity index (χ0v) is 9.21. The maximum Gasteiger partial charge on any atom is 0.285 e. The smallest absolute Gasteiger partial charge is 0.270 e. The van der Waals surface area contributed by atoms with E-state index in [-0.39, 0.29) is 0 Å². The largest absolute Gasteiger partial charge is 0.285 e. The third-order valence-corrected chi connectivity index (χ3v) is 5.46. The van der Waals surface area contributed by atoms with Gasteiger partial charge in [-0.2, -0.15) is 0 Å². The van der Waals surface area contributed by atoms with Gasteiger partial charge in [0, 0.05) is 13.1 Å². The van der Waals surface area contributed by atoms with E-state index in [4.69, 9.17) is 0 Å². The molecule has 0 spiro atoms. The first-order valence-electron chi connectivity index (χ1n) is 4.20. The van der Waals surface area contributed by atoms with Gasteiger partial charge in [-0.15, -0.1) is 0 Å². The second kappa shape index (κ2) is 3.46. The summed E-state index contributed by atoms with van der Waals surface area (Å²) in [6, 6.07) is 0. The minimum Gasteiger partial charge on any atom is -0.270 e. The summed E-state index contributed by atoms with van der Waals surface area (Å²) in [5, 5.41) is 0. The molecule has 0 bridgehead atoms. The van der Waals surface area contributed by atoms with Gasteiger partial charge in [-0.1, -0.05) is 0 Å². The van der Waals surface area contributed by atoms with Crippen LogP contribution in [0.3, 0.4) is 0 Å². The Labute approximate surface area is 74.7 Å². The minimum atomic E-state index is -2.37. The van der Waals surface area contributed by atoms with Crippen LogP contribution in [0.1, 0.15) is 6.42 Å². The molecule has 4 nitrogen and oxygen atoms in total. The van der Waals surface area contributed by atoms with E-state index in [0.717, 1.165) is 13.1 Å². The van der Waals surface area contributed by atoms with Crippen molar-refractivity contribution < 1.29 is 4.57 Å². The summed E-state index contributed by atoms with van der Waals surface area (Å²) < 4.78 is 18.1. The highest BCUT2D eigenvalue weighted by molar-refractivity contribution is 7.56. The lowest BCUT2D eigenvalue weighted by molar-refractivity contribution is 0.257. The second-order valence-corrected chi connectivity index (χ2v) is 6.71. The number of nitrogens with zero attached hydrogens (tertiary/aromatic N) is 3. The van der Waals surface area contributed by atoms with E-state index < -0.39 is 7.59 Å². The highest BCUT2D eigenvalue weighted by Gasteiger charge is 2.38. The van der Waals surface area contributed by atoms with Gasteiger partial charge in [0.25, 0.3) is 7.59 Å². The SMILES string of the molecule is CN(C)P(=O)(N(C)C)N1CCC1. The summed E-state index contributed by atoms with van der Waals surface area (Å²) in [7, 11) is 5.13. The van der Waals surface area contributed by atoms with Gasteiger partial charge in [0.1, 0.15) is 0 Å². The number of hydrogen-bond donors (Lipinski definition) is 0. The minimum absolute atomic E-state index is 0.966. The van der Waals surface area contributed by atoms with Gasteiger partial charge in [-0.3, -0.25) is 4.57 Å². The molecule has 1 fully saturated rings. The Kier molecular flexibility index (Phi) is 2.94. The molecule has 12 heavy (non-hydrogen) atoms. The summed E-state index contributed by atoms with van der Waals surface area (Å²) in [6.45, 7) is 1.93. The molecule has 0 aromatic carbocycles. The van der Waals surface area contributed by atoms with Gasteiger partial charge < -0.3 is 0 Å². The molecule has 0 atom stereocenters. The molecule has 1 rings (SSSR count). The highest BCUT2D eigenvalue weighted by atomic mass is 31.2. The molecule has 1 aliphatic heterocycles. The fraction of sp³-hybridized carbons (Fsp3) is 1.00. The first-order valence-corrected chi connectivity index (χ1v) is 5.77. The van der Waals surface area contributed by atoms with Crippen LogP contribution in [0.25, 0.3) is 0 Å². The Hall–Kier alpha value is 0.110. The molecular formula is C7H18N3OP. The van der Waals surface area contributed by atoms with Crippen molar-refractivity contribution in [3.05, 3.63) is 0 Å². The van der Waals surface area contributed by atoms with Crippen LogP contribution in [0, 0.1) is 0 Å². The van der Waals surface area contributed by atoms with Gasteiger partial charge >= 0.3 is 0 Å². The molecule has 1 saturated heterocycles. The van der Waals surface area contributed by atoms with Crippen molar-refractivity contribution in [3.63, 3.8) is 0 Å². The molecule has 0 aromatic rings. The normalized spacial score (nSPS) is 20.2. The average molecular weight is 191 g/mol. The van der Waals surface area contributed by atoms with E-state index in [2.05, 4.69) is 0 Å². The Morgan fingerprint density at radius 3 is 1.58 bits per heavy atom. The van der Waals surface area contributed by atoms with Crippen LogP contribution in [0.5, 0.6) is 0 Å². The molecule has 0 N–H and O–H groups in total. The summed E-state index contributed by atoms with van der Waals surface area (Å²) in [5.41, 5.74) is 0. The molecular weight excluding hydrogens is 173 g/mol. The molecule has 0 unspecified atom stereocenters. The Bertz CT molecular complexity index is 189. The molecule has 72 valence electrons. The van der Waals surface area contributed by atoms with Crippen molar-refractivity contribution in [2.24, 2.45) is 0 Å². The second-order valence-electron chi connectivity index (χ2n) is 3.51. The first-order chi connectivity index (χ1) is 5.49. The average Bonchev–Trinajstić information content (AvgIpc) is 1.82. The van der Waals surface area contributed by atoms with Crippen LogP contribution in [-0.4, -0.2) is 55.3 Å². The van der Waals surface area contributed by atoms with E-state index in [9.17, 15) is 4.57 Å². The Morgan fingerprint density at radius 1 is 1.08 bits per heavy atom. The summed E-state index contributed by atoms with van der Waals surface area (Å²) in [6.07, 6.45) is 1.17. The van der Waals surface area contributed by atoms with Crippen molar-refractivity contribution >= 4 is 7.59 Å². The van der Waals surface area contributed by atoms with Gasteiger partial charge in [-0.05, 0) is 34.6 Å². The maximum atomic E-state index is 12.4. The Morgan fingerprint density at radius 2 is 1.50 bits per heavy atom. The fourth-order valence-corrected chi connectivity index (χ4v) is 3.96. The van der Waals surface area contributed by atoms with Crippen LogP contribution in [0.2, 0.25) is 0 Å². The van der Waals surface area contributed by atoms with Crippen LogP contribution in [-0.2, 0) is 4.57 Å². The lowest BCUT2D eigenvalue weighted by Crippen LogP contribution is -2.42. The lowest BCUT2D eigenvalue weighted by atomic mass is 10.3. The first kappa shape index (κ1) is 10.2. The summed E-state index contributed by atoms with van der Waals surface area (Å²) >= 11 is 0. The molecule has 0 saturated carbocycles. The van der Waals surface area contributed by atoms with E-state index in [0.29, 0.717) is 0 Å². The third kappa shape index (κ3) is 1.44. The monoisotopic (exact) mass is 191 g/mol. The third-order valence-electron chi connectivity index (χ3n) is 2.24. The lowest BCUT2D eigenvalue weighted by Gasteiger charge is -2.43. The number of hydrogen-bond acceptors (Lipinski definition) is 1. The van der Waals surface area contributed by atoms with E-state index in [1.165, 1.54) is 6.42 Å². The van der Waals surface area contributed by atoms with Crippen molar-refractivity contribution in [1.82, 2.24) is 14.0 Å². The van der Waals surface area contributed by atoms with Crippen LogP contribution in [0.4, 0.5) is 0 Å². The van der Waals surface area contributed by atoms with Crippen molar-refractivity contribution in [2.75, 3.05) is 41.3 Å². The Balaban J connectivity index is 2.78. The predicted molar refractivity (Wildman–Crippen MR) is 51.2 cm³/mol. The topological polar surface area (TPSA) is 26.8 Å². The fourth-order valence-electron chi connectivity index (χ4n) is 1.42. The van der Waals surface area contributed by atoms with E-state index in [1.54, 1.807) is 0 Å². The van der Waals surface area contributed by atoms with Gasteiger partial charge in [-0.25, -0.2) is 14.0 Å².